The molecule has 15 heavy (non-hydrogen) atoms. The van der Waals surface area contributed by atoms with Crippen molar-refractivity contribution in [3.63, 3.8) is 0 Å². The lowest BCUT2D eigenvalue weighted by atomic mass is 10.0. The van der Waals surface area contributed by atoms with E-state index in [9.17, 15) is 5.11 Å². The second-order valence-corrected chi connectivity index (χ2v) is 5.37. The van der Waals surface area contributed by atoms with Crippen LogP contribution in [0.2, 0.25) is 0 Å². The highest BCUT2D eigenvalue weighted by Gasteiger charge is 2.37. The van der Waals surface area contributed by atoms with E-state index in [2.05, 4.69) is 4.90 Å². The predicted molar refractivity (Wildman–Crippen MR) is 61.7 cm³/mol. The number of nitrogens with two attached hydrogens (primary N) is 1. The van der Waals surface area contributed by atoms with E-state index < -0.39 is 0 Å². The van der Waals surface area contributed by atoms with E-state index in [1.165, 1.54) is 45.2 Å². The summed E-state index contributed by atoms with van der Waals surface area (Å²) < 4.78 is 0. The Labute approximate surface area is 92.6 Å². The minimum absolute atomic E-state index is 0.150. The molecule has 1 saturated carbocycles. The first-order valence-electron chi connectivity index (χ1n) is 6.37. The van der Waals surface area contributed by atoms with E-state index in [0.717, 1.165) is 12.8 Å². The van der Waals surface area contributed by atoms with E-state index in [4.69, 9.17) is 5.73 Å². The van der Waals surface area contributed by atoms with Crippen molar-refractivity contribution in [1.82, 2.24) is 4.90 Å². The molecule has 3 N–H and O–H groups in total. The fraction of sp³-hybridized carbons (Fsp3) is 1.00. The van der Waals surface area contributed by atoms with Crippen LogP contribution in [0.15, 0.2) is 0 Å². The van der Waals surface area contributed by atoms with Gasteiger partial charge in [-0.2, -0.15) is 0 Å². The summed E-state index contributed by atoms with van der Waals surface area (Å²) in [7, 11) is 0. The first kappa shape index (κ1) is 11.4. The van der Waals surface area contributed by atoms with Crippen molar-refractivity contribution in [3.8, 4) is 0 Å². The molecule has 0 radical (unpaired) electrons. The van der Waals surface area contributed by atoms with Crippen molar-refractivity contribution >= 4 is 0 Å². The summed E-state index contributed by atoms with van der Waals surface area (Å²) in [5, 5.41) is 9.25. The number of rotatable bonds is 2. The average Bonchev–Trinajstić information content (AvgIpc) is 2.50. The molecule has 2 atom stereocenters. The smallest absolute Gasteiger partial charge is 0.0611 e. The van der Waals surface area contributed by atoms with Crippen LogP contribution >= 0.6 is 0 Å². The summed E-state index contributed by atoms with van der Waals surface area (Å²) in [6.07, 6.45) is 8.61. The van der Waals surface area contributed by atoms with Gasteiger partial charge in [-0.1, -0.05) is 12.8 Å². The summed E-state index contributed by atoms with van der Waals surface area (Å²) in [4.78, 5) is 2.61. The Bertz CT molecular complexity index is 202. The zero-order chi connectivity index (χ0) is 10.7. The second-order valence-electron chi connectivity index (χ2n) is 5.37. The Morgan fingerprint density at radius 1 is 1.20 bits per heavy atom. The van der Waals surface area contributed by atoms with Crippen LogP contribution in [-0.2, 0) is 0 Å². The van der Waals surface area contributed by atoms with Gasteiger partial charge in [0, 0.05) is 11.6 Å². The van der Waals surface area contributed by atoms with Crippen LogP contribution in [0.25, 0.3) is 0 Å². The Kier molecular flexibility index (Phi) is 3.65. The number of hydrogen-bond donors (Lipinski definition) is 2. The third-order valence-corrected chi connectivity index (χ3v) is 4.09. The molecule has 88 valence electrons. The molecule has 1 heterocycles. The van der Waals surface area contributed by atoms with Crippen LogP contribution in [0.1, 0.15) is 44.9 Å². The zero-order valence-corrected chi connectivity index (χ0v) is 9.62. The van der Waals surface area contributed by atoms with Crippen molar-refractivity contribution in [2.24, 2.45) is 5.73 Å². The standard InChI is InChI=1S/C12H24N2O/c13-12(10-15)6-5-11(9-12)14-7-3-1-2-4-8-14/h11,15H,1-10,13H2. The van der Waals surface area contributed by atoms with Crippen molar-refractivity contribution < 1.29 is 5.11 Å². The number of nitrogens with zero attached hydrogens (tertiary/aromatic N) is 1. The number of hydrogen-bond acceptors (Lipinski definition) is 3. The molecule has 0 bridgehead atoms. The third kappa shape index (κ3) is 2.71. The van der Waals surface area contributed by atoms with Gasteiger partial charge < -0.3 is 15.7 Å². The highest BCUT2D eigenvalue weighted by molar-refractivity contribution is 4.97. The lowest BCUT2D eigenvalue weighted by molar-refractivity contribution is 0.168. The lowest BCUT2D eigenvalue weighted by Gasteiger charge is -2.29. The van der Waals surface area contributed by atoms with Crippen molar-refractivity contribution in [1.29, 1.82) is 0 Å². The summed E-state index contributed by atoms with van der Waals surface area (Å²) in [6, 6.07) is 0.639. The van der Waals surface area contributed by atoms with E-state index >= 15 is 0 Å². The molecule has 2 rings (SSSR count). The van der Waals surface area contributed by atoms with Crippen LogP contribution in [0.3, 0.4) is 0 Å². The van der Waals surface area contributed by atoms with Gasteiger partial charge in [-0.3, -0.25) is 0 Å². The van der Waals surface area contributed by atoms with Gasteiger partial charge in [-0.05, 0) is 45.2 Å². The SMILES string of the molecule is NC1(CO)CCC(N2CCCCCC2)C1. The van der Waals surface area contributed by atoms with E-state index in [1.807, 2.05) is 0 Å². The Balaban J connectivity index is 1.88. The van der Waals surface area contributed by atoms with Crippen LogP contribution in [0.5, 0.6) is 0 Å². The van der Waals surface area contributed by atoms with Gasteiger partial charge in [0.05, 0.1) is 6.61 Å². The number of likely N-dealkylation sites (tertiary alicyclic amines) is 1. The van der Waals surface area contributed by atoms with Crippen LogP contribution in [-0.4, -0.2) is 41.3 Å². The summed E-state index contributed by atoms with van der Waals surface area (Å²) in [5.41, 5.74) is 5.84. The largest absolute Gasteiger partial charge is 0.394 e. The zero-order valence-electron chi connectivity index (χ0n) is 9.62. The Morgan fingerprint density at radius 2 is 1.87 bits per heavy atom. The van der Waals surface area contributed by atoms with Crippen molar-refractivity contribution in [2.45, 2.75) is 56.5 Å². The van der Waals surface area contributed by atoms with Crippen molar-refractivity contribution in [3.05, 3.63) is 0 Å². The Hall–Kier alpha value is -0.120. The molecule has 0 spiro atoms. The van der Waals surface area contributed by atoms with E-state index in [0.29, 0.717) is 6.04 Å². The molecular weight excluding hydrogens is 188 g/mol. The van der Waals surface area contributed by atoms with Gasteiger partial charge in [-0.15, -0.1) is 0 Å². The maximum absolute atomic E-state index is 9.25. The molecule has 0 aromatic carbocycles. The maximum atomic E-state index is 9.25. The van der Waals surface area contributed by atoms with Crippen LogP contribution in [0, 0.1) is 0 Å². The van der Waals surface area contributed by atoms with Gasteiger partial charge in [0.2, 0.25) is 0 Å². The van der Waals surface area contributed by atoms with Gasteiger partial charge in [0.15, 0.2) is 0 Å². The fourth-order valence-electron chi connectivity index (χ4n) is 3.04. The number of aliphatic hydroxyl groups excluding tert-OH is 1. The lowest BCUT2D eigenvalue weighted by Crippen LogP contribution is -2.43. The highest BCUT2D eigenvalue weighted by Crippen LogP contribution is 2.31. The molecule has 2 unspecified atom stereocenters. The summed E-state index contributed by atoms with van der Waals surface area (Å²) in [5.74, 6) is 0. The second kappa shape index (κ2) is 4.81. The minimum Gasteiger partial charge on any atom is -0.394 e. The first-order chi connectivity index (χ1) is 7.23. The summed E-state index contributed by atoms with van der Waals surface area (Å²) >= 11 is 0. The van der Waals surface area contributed by atoms with Gasteiger partial charge >= 0.3 is 0 Å². The third-order valence-electron chi connectivity index (χ3n) is 4.09. The highest BCUT2D eigenvalue weighted by atomic mass is 16.3. The molecule has 2 fully saturated rings. The first-order valence-corrected chi connectivity index (χ1v) is 6.37. The molecule has 0 amide bonds. The van der Waals surface area contributed by atoms with Gasteiger partial charge in [0.25, 0.3) is 0 Å². The molecule has 1 aliphatic carbocycles. The molecule has 0 aromatic rings. The molecular formula is C12H24N2O. The van der Waals surface area contributed by atoms with E-state index in [-0.39, 0.29) is 12.1 Å². The fourth-order valence-corrected chi connectivity index (χ4v) is 3.04. The molecule has 0 aromatic heterocycles. The minimum atomic E-state index is -0.281. The van der Waals surface area contributed by atoms with Gasteiger partial charge in [-0.25, -0.2) is 0 Å². The van der Waals surface area contributed by atoms with E-state index in [1.54, 1.807) is 0 Å². The topological polar surface area (TPSA) is 49.5 Å². The molecule has 3 heteroatoms. The molecule has 1 aliphatic heterocycles. The van der Waals surface area contributed by atoms with Crippen LogP contribution < -0.4 is 5.73 Å². The molecule has 3 nitrogen and oxygen atoms in total. The monoisotopic (exact) mass is 212 g/mol. The van der Waals surface area contributed by atoms with Crippen LogP contribution in [0.4, 0.5) is 0 Å². The maximum Gasteiger partial charge on any atom is 0.0611 e. The molecule has 2 aliphatic rings. The molecule has 1 saturated heterocycles. The van der Waals surface area contributed by atoms with Crippen molar-refractivity contribution in [2.75, 3.05) is 19.7 Å². The summed E-state index contributed by atoms with van der Waals surface area (Å²) in [6.45, 7) is 2.63. The number of aliphatic hydroxyl groups is 1. The Morgan fingerprint density at radius 3 is 2.40 bits per heavy atom. The van der Waals surface area contributed by atoms with Gasteiger partial charge in [0.1, 0.15) is 0 Å². The quantitative estimate of drug-likeness (QED) is 0.721. The predicted octanol–water partition coefficient (Wildman–Crippen LogP) is 1.10. The average molecular weight is 212 g/mol. The normalized spacial score (nSPS) is 39.2.